The smallest absolute Gasteiger partial charge is 0.156 e. The SMILES string of the molecule is CC=NC=Nc1ccncn1. The van der Waals surface area contributed by atoms with Gasteiger partial charge >= 0.3 is 0 Å². The van der Waals surface area contributed by atoms with E-state index in [0.29, 0.717) is 5.82 Å². The highest BCUT2D eigenvalue weighted by Gasteiger charge is 1.82. The second kappa shape index (κ2) is 4.27. The molecule has 1 heterocycles. The van der Waals surface area contributed by atoms with Gasteiger partial charge in [0.05, 0.1) is 0 Å². The Kier molecular flexibility index (Phi) is 2.92. The van der Waals surface area contributed by atoms with Crippen molar-refractivity contribution in [3.63, 3.8) is 0 Å². The van der Waals surface area contributed by atoms with Gasteiger partial charge in [-0.05, 0) is 6.92 Å². The van der Waals surface area contributed by atoms with E-state index in [4.69, 9.17) is 0 Å². The molecule has 0 N–H and O–H groups in total. The molecule has 0 saturated heterocycles. The second-order valence-electron chi connectivity index (χ2n) is 1.72. The minimum Gasteiger partial charge on any atom is -0.249 e. The molecule has 11 heavy (non-hydrogen) atoms. The minimum absolute atomic E-state index is 0.616. The standard InChI is InChI=1S/C7H8N4/c1-2-8-5-10-7-3-4-9-6-11-7/h2-6H,1H3. The van der Waals surface area contributed by atoms with Crippen LogP contribution in [0.4, 0.5) is 5.82 Å². The normalized spacial score (nSPS) is 11.4. The zero-order chi connectivity index (χ0) is 7.94. The van der Waals surface area contributed by atoms with Crippen LogP contribution < -0.4 is 0 Å². The molecule has 1 rings (SSSR count). The van der Waals surface area contributed by atoms with Gasteiger partial charge in [0.1, 0.15) is 12.7 Å². The van der Waals surface area contributed by atoms with Crippen molar-refractivity contribution in [2.24, 2.45) is 9.98 Å². The van der Waals surface area contributed by atoms with Crippen LogP contribution in [0.5, 0.6) is 0 Å². The average molecular weight is 148 g/mol. The van der Waals surface area contributed by atoms with Gasteiger partial charge in [-0.25, -0.2) is 20.0 Å². The molecule has 0 amide bonds. The van der Waals surface area contributed by atoms with Crippen LogP contribution >= 0.6 is 0 Å². The van der Waals surface area contributed by atoms with Crippen LogP contribution in [0.15, 0.2) is 28.6 Å². The monoisotopic (exact) mass is 148 g/mol. The largest absolute Gasteiger partial charge is 0.249 e. The Hall–Kier alpha value is -1.58. The van der Waals surface area contributed by atoms with Crippen molar-refractivity contribution in [2.75, 3.05) is 0 Å². The molecule has 0 radical (unpaired) electrons. The predicted molar refractivity (Wildman–Crippen MR) is 44.4 cm³/mol. The Balaban J connectivity index is 2.64. The summed E-state index contributed by atoms with van der Waals surface area (Å²) in [6.07, 6.45) is 6.19. The average Bonchev–Trinajstić information content (AvgIpc) is 2.07. The van der Waals surface area contributed by atoms with Gasteiger partial charge in [0, 0.05) is 18.5 Å². The second-order valence-corrected chi connectivity index (χ2v) is 1.72. The summed E-state index contributed by atoms with van der Waals surface area (Å²) >= 11 is 0. The van der Waals surface area contributed by atoms with Gasteiger partial charge in [0.25, 0.3) is 0 Å². The molecule has 0 spiro atoms. The molecule has 0 bridgehead atoms. The van der Waals surface area contributed by atoms with Crippen LogP contribution in [0.2, 0.25) is 0 Å². The summed E-state index contributed by atoms with van der Waals surface area (Å²) < 4.78 is 0. The quantitative estimate of drug-likeness (QED) is 0.467. The van der Waals surface area contributed by atoms with Crippen molar-refractivity contribution < 1.29 is 0 Å². The molecule has 0 unspecified atom stereocenters. The van der Waals surface area contributed by atoms with E-state index in [9.17, 15) is 0 Å². The van der Waals surface area contributed by atoms with Crippen LogP contribution in [0.1, 0.15) is 6.92 Å². The molecule has 0 aliphatic carbocycles. The molecule has 0 aliphatic heterocycles. The number of hydrogen-bond donors (Lipinski definition) is 0. The van der Waals surface area contributed by atoms with Crippen molar-refractivity contribution in [1.82, 2.24) is 9.97 Å². The zero-order valence-corrected chi connectivity index (χ0v) is 6.18. The summed E-state index contributed by atoms with van der Waals surface area (Å²) in [5.41, 5.74) is 0. The molecule has 0 fully saturated rings. The van der Waals surface area contributed by atoms with E-state index in [1.165, 1.54) is 12.7 Å². The molecule has 0 aromatic carbocycles. The van der Waals surface area contributed by atoms with Crippen molar-refractivity contribution in [3.8, 4) is 0 Å². The van der Waals surface area contributed by atoms with Crippen LogP contribution in [0, 0.1) is 0 Å². The summed E-state index contributed by atoms with van der Waals surface area (Å²) in [5, 5.41) is 0. The Morgan fingerprint density at radius 1 is 1.55 bits per heavy atom. The molecule has 56 valence electrons. The molecule has 0 atom stereocenters. The molecule has 0 saturated carbocycles. The molecule has 4 nitrogen and oxygen atoms in total. The van der Waals surface area contributed by atoms with E-state index >= 15 is 0 Å². The molecule has 1 aromatic rings. The van der Waals surface area contributed by atoms with E-state index in [2.05, 4.69) is 20.0 Å². The number of hydrogen-bond acceptors (Lipinski definition) is 3. The highest BCUT2D eigenvalue weighted by molar-refractivity contribution is 5.72. The van der Waals surface area contributed by atoms with Crippen LogP contribution in [0.25, 0.3) is 0 Å². The topological polar surface area (TPSA) is 50.5 Å². The first-order valence-corrected chi connectivity index (χ1v) is 3.20. The minimum atomic E-state index is 0.616. The number of rotatable bonds is 2. The van der Waals surface area contributed by atoms with Gasteiger partial charge in [-0.1, -0.05) is 0 Å². The lowest BCUT2D eigenvalue weighted by Crippen LogP contribution is -1.75. The molecule has 4 heteroatoms. The third-order valence-corrected chi connectivity index (χ3v) is 0.972. The Morgan fingerprint density at radius 3 is 3.09 bits per heavy atom. The van der Waals surface area contributed by atoms with E-state index in [-0.39, 0.29) is 0 Å². The fraction of sp³-hybridized carbons (Fsp3) is 0.143. The maximum atomic E-state index is 3.92. The van der Waals surface area contributed by atoms with Crippen LogP contribution in [0.3, 0.4) is 0 Å². The van der Waals surface area contributed by atoms with Crippen LogP contribution in [-0.4, -0.2) is 22.5 Å². The van der Waals surface area contributed by atoms with Crippen molar-refractivity contribution in [2.45, 2.75) is 6.92 Å². The van der Waals surface area contributed by atoms with E-state index in [1.807, 2.05) is 6.92 Å². The van der Waals surface area contributed by atoms with Gasteiger partial charge in [-0.15, -0.1) is 0 Å². The van der Waals surface area contributed by atoms with E-state index < -0.39 is 0 Å². The lowest BCUT2D eigenvalue weighted by atomic mass is 10.6. The lowest BCUT2D eigenvalue weighted by molar-refractivity contribution is 1.15. The highest BCUT2D eigenvalue weighted by atomic mass is 15.0. The Bertz CT molecular complexity index is 252. The third kappa shape index (κ3) is 2.66. The van der Waals surface area contributed by atoms with Crippen LogP contribution in [-0.2, 0) is 0 Å². The van der Waals surface area contributed by atoms with E-state index in [0.717, 1.165) is 0 Å². The summed E-state index contributed by atoms with van der Waals surface area (Å²) in [4.78, 5) is 15.3. The maximum Gasteiger partial charge on any atom is 0.156 e. The molecular formula is C7H8N4. The fourth-order valence-corrected chi connectivity index (χ4v) is 0.519. The number of aliphatic imine (C=N–C) groups is 2. The molecule has 0 aliphatic rings. The lowest BCUT2D eigenvalue weighted by Gasteiger charge is -1.85. The van der Waals surface area contributed by atoms with Gasteiger partial charge < -0.3 is 0 Å². The van der Waals surface area contributed by atoms with Crippen molar-refractivity contribution in [3.05, 3.63) is 18.6 Å². The van der Waals surface area contributed by atoms with Gasteiger partial charge in [0.15, 0.2) is 5.82 Å². The molecule has 1 aromatic heterocycles. The van der Waals surface area contributed by atoms with Gasteiger partial charge in [0.2, 0.25) is 0 Å². The zero-order valence-electron chi connectivity index (χ0n) is 6.18. The number of aromatic nitrogens is 2. The van der Waals surface area contributed by atoms with E-state index in [1.54, 1.807) is 18.5 Å². The maximum absolute atomic E-state index is 3.92. The summed E-state index contributed by atoms with van der Waals surface area (Å²) in [5.74, 6) is 0.616. The summed E-state index contributed by atoms with van der Waals surface area (Å²) in [6.45, 7) is 1.83. The Labute approximate surface area is 64.8 Å². The third-order valence-electron chi connectivity index (χ3n) is 0.972. The fourth-order valence-electron chi connectivity index (χ4n) is 0.519. The van der Waals surface area contributed by atoms with Crippen molar-refractivity contribution >= 4 is 18.4 Å². The first kappa shape index (κ1) is 7.53. The summed E-state index contributed by atoms with van der Waals surface area (Å²) in [7, 11) is 0. The molecular weight excluding hydrogens is 140 g/mol. The predicted octanol–water partition coefficient (Wildman–Crippen LogP) is 1.23. The Morgan fingerprint density at radius 2 is 2.45 bits per heavy atom. The number of nitrogens with zero attached hydrogens (tertiary/aromatic N) is 4. The summed E-state index contributed by atoms with van der Waals surface area (Å²) in [6, 6.07) is 1.71. The van der Waals surface area contributed by atoms with Crippen molar-refractivity contribution in [1.29, 1.82) is 0 Å². The highest BCUT2D eigenvalue weighted by Crippen LogP contribution is 2.00. The van der Waals surface area contributed by atoms with Gasteiger partial charge in [-0.3, -0.25) is 0 Å². The first-order valence-electron chi connectivity index (χ1n) is 3.20. The van der Waals surface area contributed by atoms with Gasteiger partial charge in [-0.2, -0.15) is 0 Å². The first-order chi connectivity index (χ1) is 5.43.